The van der Waals surface area contributed by atoms with Crippen LogP contribution in [-0.2, 0) is 14.8 Å². The van der Waals surface area contributed by atoms with Crippen LogP contribution in [0.2, 0.25) is 0 Å². The van der Waals surface area contributed by atoms with Crippen LogP contribution in [0.1, 0.15) is 24.2 Å². The number of morpholine rings is 1. The summed E-state index contributed by atoms with van der Waals surface area (Å²) in [7, 11) is -3.75. The number of anilines is 1. The van der Waals surface area contributed by atoms with Crippen molar-refractivity contribution < 1.29 is 22.3 Å². The number of amides is 1. The molecule has 1 amide bonds. The zero-order chi connectivity index (χ0) is 19.6. The van der Waals surface area contributed by atoms with Crippen molar-refractivity contribution in [3.63, 3.8) is 0 Å². The third kappa shape index (κ3) is 4.52. The topological polar surface area (TPSA) is 75.7 Å². The Morgan fingerprint density at radius 2 is 1.78 bits per heavy atom. The third-order valence-electron chi connectivity index (χ3n) is 4.20. The molecule has 0 bridgehead atoms. The first-order valence-corrected chi connectivity index (χ1v) is 10.0. The van der Waals surface area contributed by atoms with E-state index >= 15 is 0 Å². The lowest BCUT2D eigenvalue weighted by Gasteiger charge is -2.34. The van der Waals surface area contributed by atoms with Crippen LogP contribution in [0.15, 0.2) is 53.4 Å². The van der Waals surface area contributed by atoms with Gasteiger partial charge in [-0.25, -0.2) is 12.8 Å². The summed E-state index contributed by atoms with van der Waals surface area (Å²) in [6.45, 7) is 4.15. The van der Waals surface area contributed by atoms with Gasteiger partial charge in [0.15, 0.2) is 0 Å². The van der Waals surface area contributed by atoms with E-state index in [1.54, 1.807) is 6.07 Å². The Morgan fingerprint density at radius 3 is 2.44 bits per heavy atom. The molecule has 0 radical (unpaired) electrons. The van der Waals surface area contributed by atoms with Gasteiger partial charge in [-0.15, -0.1) is 0 Å². The Labute approximate surface area is 158 Å². The number of nitrogens with one attached hydrogen (secondary N) is 1. The summed E-state index contributed by atoms with van der Waals surface area (Å²) in [6.07, 6.45) is -0.411. The van der Waals surface area contributed by atoms with Crippen molar-refractivity contribution in [2.45, 2.75) is 31.0 Å². The monoisotopic (exact) mass is 392 g/mol. The van der Waals surface area contributed by atoms with Crippen LogP contribution in [0.5, 0.6) is 0 Å². The molecule has 0 aromatic heterocycles. The van der Waals surface area contributed by atoms with Gasteiger partial charge in [0.25, 0.3) is 5.91 Å². The number of hydrogen-bond donors (Lipinski definition) is 1. The molecule has 1 aliphatic heterocycles. The normalized spacial score (nSPS) is 21.0. The van der Waals surface area contributed by atoms with E-state index in [0.717, 1.165) is 0 Å². The second-order valence-electron chi connectivity index (χ2n) is 6.57. The van der Waals surface area contributed by atoms with Gasteiger partial charge in [0.05, 0.1) is 17.1 Å². The fourth-order valence-corrected chi connectivity index (χ4v) is 4.68. The maximum atomic E-state index is 13.3. The Bertz CT molecular complexity index is 938. The van der Waals surface area contributed by atoms with Crippen LogP contribution in [0, 0.1) is 5.82 Å². The van der Waals surface area contributed by atoms with E-state index in [1.165, 1.54) is 46.8 Å². The van der Waals surface area contributed by atoms with Crippen LogP contribution in [-0.4, -0.2) is 43.9 Å². The van der Waals surface area contributed by atoms with Crippen molar-refractivity contribution in [1.29, 1.82) is 0 Å². The smallest absolute Gasteiger partial charge is 0.255 e. The van der Waals surface area contributed by atoms with Crippen LogP contribution in [0.3, 0.4) is 0 Å². The average Bonchev–Trinajstić information content (AvgIpc) is 2.61. The fraction of sp³-hybridized carbons (Fsp3) is 0.316. The van der Waals surface area contributed by atoms with E-state index in [0.29, 0.717) is 5.69 Å². The summed E-state index contributed by atoms with van der Waals surface area (Å²) in [6, 6.07) is 11.3. The SMILES string of the molecule is CC1CN(S(=O)(=O)c2cccc(C(=O)Nc3cccc(F)c3)c2)CC(C)O1. The maximum absolute atomic E-state index is 13.3. The van der Waals surface area contributed by atoms with E-state index in [1.807, 2.05) is 13.8 Å². The summed E-state index contributed by atoms with van der Waals surface area (Å²) < 4.78 is 46.1. The molecule has 1 saturated heterocycles. The number of nitrogens with zero attached hydrogens (tertiary/aromatic N) is 1. The number of rotatable bonds is 4. The molecule has 3 rings (SSSR count). The highest BCUT2D eigenvalue weighted by molar-refractivity contribution is 7.89. The van der Waals surface area contributed by atoms with Gasteiger partial charge in [0, 0.05) is 24.3 Å². The van der Waals surface area contributed by atoms with E-state index in [-0.39, 0.29) is 35.8 Å². The molecule has 144 valence electrons. The van der Waals surface area contributed by atoms with Crippen molar-refractivity contribution in [2.75, 3.05) is 18.4 Å². The second-order valence-corrected chi connectivity index (χ2v) is 8.51. The van der Waals surface area contributed by atoms with Crippen LogP contribution < -0.4 is 5.32 Å². The van der Waals surface area contributed by atoms with Gasteiger partial charge in [-0.05, 0) is 50.2 Å². The molecule has 6 nitrogen and oxygen atoms in total. The number of ether oxygens (including phenoxy) is 1. The molecule has 27 heavy (non-hydrogen) atoms. The Hall–Kier alpha value is -2.29. The predicted octanol–water partition coefficient (Wildman–Crippen LogP) is 2.88. The van der Waals surface area contributed by atoms with Gasteiger partial charge in [-0.2, -0.15) is 4.31 Å². The van der Waals surface area contributed by atoms with Gasteiger partial charge in [-0.3, -0.25) is 4.79 Å². The van der Waals surface area contributed by atoms with Crippen molar-refractivity contribution in [2.24, 2.45) is 0 Å². The molecule has 1 N–H and O–H groups in total. The summed E-state index contributed by atoms with van der Waals surface area (Å²) in [5.74, 6) is -0.985. The van der Waals surface area contributed by atoms with Crippen molar-refractivity contribution >= 4 is 21.6 Å². The van der Waals surface area contributed by atoms with E-state index in [9.17, 15) is 17.6 Å². The van der Waals surface area contributed by atoms with E-state index < -0.39 is 21.7 Å². The third-order valence-corrected chi connectivity index (χ3v) is 6.03. The molecule has 2 aromatic carbocycles. The zero-order valence-electron chi connectivity index (χ0n) is 15.1. The quantitative estimate of drug-likeness (QED) is 0.868. The molecule has 2 unspecified atom stereocenters. The largest absolute Gasteiger partial charge is 0.373 e. The highest BCUT2D eigenvalue weighted by Crippen LogP contribution is 2.22. The minimum absolute atomic E-state index is 0.0377. The molecule has 1 aliphatic rings. The Balaban J connectivity index is 1.83. The first-order valence-electron chi connectivity index (χ1n) is 8.58. The predicted molar refractivity (Wildman–Crippen MR) is 99.6 cm³/mol. The number of benzene rings is 2. The first-order chi connectivity index (χ1) is 12.8. The van der Waals surface area contributed by atoms with Crippen molar-refractivity contribution in [3.8, 4) is 0 Å². The summed E-state index contributed by atoms with van der Waals surface area (Å²) in [5.41, 5.74) is 0.471. The molecule has 1 heterocycles. The number of carbonyl (C=O) groups is 1. The number of sulfonamides is 1. The minimum atomic E-state index is -3.75. The summed E-state index contributed by atoms with van der Waals surface area (Å²) in [4.78, 5) is 12.5. The first kappa shape index (κ1) is 19.5. The van der Waals surface area contributed by atoms with Crippen molar-refractivity contribution in [1.82, 2.24) is 4.31 Å². The number of hydrogen-bond acceptors (Lipinski definition) is 4. The molecular weight excluding hydrogens is 371 g/mol. The number of carbonyl (C=O) groups excluding carboxylic acids is 1. The molecule has 0 aliphatic carbocycles. The molecule has 0 saturated carbocycles. The number of halogens is 1. The van der Waals surface area contributed by atoms with Gasteiger partial charge in [0.2, 0.25) is 10.0 Å². The Morgan fingerprint density at radius 1 is 1.11 bits per heavy atom. The second kappa shape index (κ2) is 7.75. The summed E-state index contributed by atoms with van der Waals surface area (Å²) >= 11 is 0. The Kier molecular flexibility index (Phi) is 5.59. The van der Waals surface area contributed by atoms with E-state index in [4.69, 9.17) is 4.74 Å². The molecule has 0 spiro atoms. The van der Waals surface area contributed by atoms with Crippen molar-refractivity contribution in [3.05, 3.63) is 59.9 Å². The van der Waals surface area contributed by atoms with Gasteiger partial charge < -0.3 is 10.1 Å². The fourth-order valence-electron chi connectivity index (χ4n) is 3.04. The average molecular weight is 392 g/mol. The standard InChI is InChI=1S/C19H21FN2O4S/c1-13-11-22(12-14(2)26-13)27(24,25)18-8-3-5-15(9-18)19(23)21-17-7-4-6-16(20)10-17/h3-10,13-14H,11-12H2,1-2H3,(H,21,23). The van der Waals surface area contributed by atoms with Gasteiger partial charge in [0.1, 0.15) is 5.82 Å². The molecule has 1 fully saturated rings. The van der Waals surface area contributed by atoms with E-state index in [2.05, 4.69) is 5.32 Å². The van der Waals surface area contributed by atoms with Gasteiger partial charge >= 0.3 is 0 Å². The van der Waals surface area contributed by atoms with Crippen LogP contribution in [0.25, 0.3) is 0 Å². The molecule has 2 aromatic rings. The molecule has 8 heteroatoms. The lowest BCUT2D eigenvalue weighted by molar-refractivity contribution is -0.0440. The van der Waals surface area contributed by atoms with Gasteiger partial charge in [-0.1, -0.05) is 12.1 Å². The maximum Gasteiger partial charge on any atom is 0.255 e. The molecular formula is C19H21FN2O4S. The van der Waals surface area contributed by atoms with Crippen LogP contribution in [0.4, 0.5) is 10.1 Å². The van der Waals surface area contributed by atoms with Crippen LogP contribution >= 0.6 is 0 Å². The summed E-state index contributed by atoms with van der Waals surface area (Å²) in [5, 5.41) is 2.56. The highest BCUT2D eigenvalue weighted by atomic mass is 32.2. The highest BCUT2D eigenvalue weighted by Gasteiger charge is 2.32. The lowest BCUT2D eigenvalue weighted by Crippen LogP contribution is -2.48. The lowest BCUT2D eigenvalue weighted by atomic mass is 10.2. The minimum Gasteiger partial charge on any atom is -0.373 e. The zero-order valence-corrected chi connectivity index (χ0v) is 15.9. The molecule has 2 atom stereocenters.